The summed E-state index contributed by atoms with van der Waals surface area (Å²) in [5, 5.41) is 5.69. The molecular formula is C26H31N7. The maximum Gasteiger partial charge on any atom is 0.160 e. The Bertz CT molecular complexity index is 1350. The van der Waals surface area contributed by atoms with Crippen LogP contribution in [0.4, 0.5) is 0 Å². The number of hydrogen-bond donors (Lipinski definition) is 3. The molecule has 0 aromatic carbocycles. The molecule has 2 unspecified atom stereocenters. The van der Waals surface area contributed by atoms with Crippen molar-refractivity contribution in [2.24, 2.45) is 17.1 Å². The molecule has 7 heteroatoms. The normalized spacial score (nSPS) is 21.5. The van der Waals surface area contributed by atoms with Crippen molar-refractivity contribution >= 4 is 21.9 Å². The SMILES string of the molecule is Cc1cc2c(-c3nc(C(N)C4CCNCC4(C)C)c4c(C5CC5)cncc4n3)ccnc2[nH]1. The van der Waals surface area contributed by atoms with E-state index in [1.165, 1.54) is 18.4 Å². The first-order chi connectivity index (χ1) is 15.9. The van der Waals surface area contributed by atoms with Gasteiger partial charge in [-0.3, -0.25) is 4.98 Å². The molecule has 2 aliphatic rings. The second kappa shape index (κ2) is 7.57. The number of H-pyrrole nitrogens is 1. The summed E-state index contributed by atoms with van der Waals surface area (Å²) in [7, 11) is 0. The number of nitrogens with one attached hydrogen (secondary N) is 2. The summed E-state index contributed by atoms with van der Waals surface area (Å²) in [6, 6.07) is 3.94. The van der Waals surface area contributed by atoms with Crippen molar-refractivity contribution in [3.8, 4) is 11.4 Å². The van der Waals surface area contributed by atoms with E-state index in [0.29, 0.717) is 17.7 Å². The van der Waals surface area contributed by atoms with Crippen molar-refractivity contribution < 1.29 is 0 Å². The number of aromatic nitrogens is 5. The van der Waals surface area contributed by atoms with E-state index in [4.69, 9.17) is 15.7 Å². The lowest BCUT2D eigenvalue weighted by Crippen LogP contribution is -2.47. The van der Waals surface area contributed by atoms with Gasteiger partial charge in [0, 0.05) is 41.0 Å². The van der Waals surface area contributed by atoms with Crippen molar-refractivity contribution in [3.63, 3.8) is 0 Å². The summed E-state index contributed by atoms with van der Waals surface area (Å²) in [6.07, 6.45) is 9.13. The number of rotatable bonds is 4. The average molecular weight is 442 g/mol. The molecule has 0 bridgehead atoms. The quantitative estimate of drug-likeness (QED) is 0.434. The second-order valence-electron chi connectivity index (χ2n) is 10.5. The highest BCUT2D eigenvalue weighted by atomic mass is 15.0. The molecule has 1 saturated heterocycles. The molecule has 4 N–H and O–H groups in total. The van der Waals surface area contributed by atoms with Crippen molar-refractivity contribution in [3.05, 3.63) is 47.7 Å². The fourth-order valence-corrected chi connectivity index (χ4v) is 5.60. The minimum Gasteiger partial charge on any atom is -0.344 e. The lowest BCUT2D eigenvalue weighted by Gasteiger charge is -2.42. The molecule has 33 heavy (non-hydrogen) atoms. The van der Waals surface area contributed by atoms with E-state index in [9.17, 15) is 0 Å². The van der Waals surface area contributed by atoms with Gasteiger partial charge in [0.2, 0.25) is 0 Å². The largest absolute Gasteiger partial charge is 0.344 e. The molecule has 1 aliphatic heterocycles. The Morgan fingerprint density at radius 1 is 1.15 bits per heavy atom. The molecule has 1 aliphatic carbocycles. The number of nitrogens with zero attached hydrogens (tertiary/aromatic N) is 4. The van der Waals surface area contributed by atoms with Crippen LogP contribution in [0.25, 0.3) is 33.3 Å². The Balaban J connectivity index is 1.59. The van der Waals surface area contributed by atoms with Gasteiger partial charge in [0.15, 0.2) is 5.82 Å². The second-order valence-corrected chi connectivity index (χ2v) is 10.5. The minimum absolute atomic E-state index is 0.0869. The van der Waals surface area contributed by atoms with Crippen LogP contribution >= 0.6 is 0 Å². The topological polar surface area (TPSA) is 105 Å². The molecular weight excluding hydrogens is 410 g/mol. The summed E-state index contributed by atoms with van der Waals surface area (Å²) in [4.78, 5) is 22.6. The van der Waals surface area contributed by atoms with Crippen LogP contribution in [-0.2, 0) is 0 Å². The number of aromatic amines is 1. The van der Waals surface area contributed by atoms with Crippen LogP contribution < -0.4 is 11.1 Å². The van der Waals surface area contributed by atoms with Crippen molar-refractivity contribution in [2.75, 3.05) is 13.1 Å². The smallest absolute Gasteiger partial charge is 0.160 e. The molecule has 4 aromatic heterocycles. The van der Waals surface area contributed by atoms with Gasteiger partial charge in [-0.15, -0.1) is 0 Å². The number of pyridine rings is 2. The first-order valence-corrected chi connectivity index (χ1v) is 12.0. The van der Waals surface area contributed by atoms with Gasteiger partial charge in [-0.2, -0.15) is 0 Å². The van der Waals surface area contributed by atoms with E-state index in [2.05, 4.69) is 40.2 Å². The van der Waals surface area contributed by atoms with Gasteiger partial charge in [0.1, 0.15) is 5.65 Å². The molecule has 4 aromatic rings. The molecule has 2 fully saturated rings. The Morgan fingerprint density at radius 3 is 2.79 bits per heavy atom. The fourth-order valence-electron chi connectivity index (χ4n) is 5.60. The Morgan fingerprint density at radius 2 is 2.00 bits per heavy atom. The highest BCUT2D eigenvalue weighted by Gasteiger charge is 2.39. The average Bonchev–Trinajstić information content (AvgIpc) is 3.57. The van der Waals surface area contributed by atoms with Crippen LogP contribution in [0.1, 0.15) is 62.0 Å². The monoisotopic (exact) mass is 441 g/mol. The Hall–Kier alpha value is -2.90. The molecule has 0 radical (unpaired) electrons. The van der Waals surface area contributed by atoms with Gasteiger partial charge in [0.25, 0.3) is 0 Å². The predicted molar refractivity (Wildman–Crippen MR) is 131 cm³/mol. The van der Waals surface area contributed by atoms with Gasteiger partial charge in [0.05, 0.1) is 23.4 Å². The Labute approximate surface area is 193 Å². The van der Waals surface area contributed by atoms with Gasteiger partial charge in [-0.1, -0.05) is 13.8 Å². The Kier molecular flexibility index (Phi) is 4.74. The first kappa shape index (κ1) is 20.7. The van der Waals surface area contributed by atoms with Gasteiger partial charge < -0.3 is 16.0 Å². The van der Waals surface area contributed by atoms with Gasteiger partial charge in [-0.25, -0.2) is 15.0 Å². The number of hydrogen-bond acceptors (Lipinski definition) is 6. The number of piperidine rings is 1. The van der Waals surface area contributed by atoms with E-state index < -0.39 is 0 Å². The van der Waals surface area contributed by atoms with Crippen molar-refractivity contribution in [1.82, 2.24) is 30.2 Å². The van der Waals surface area contributed by atoms with Crippen molar-refractivity contribution in [2.45, 2.75) is 52.0 Å². The highest BCUT2D eigenvalue weighted by molar-refractivity contribution is 5.93. The zero-order chi connectivity index (χ0) is 22.7. The van der Waals surface area contributed by atoms with Crippen LogP contribution in [-0.4, -0.2) is 38.0 Å². The lowest BCUT2D eigenvalue weighted by atomic mass is 9.70. The zero-order valence-electron chi connectivity index (χ0n) is 19.5. The number of aryl methyl sites for hydroxylation is 1. The molecule has 7 nitrogen and oxygen atoms in total. The molecule has 1 saturated carbocycles. The van der Waals surface area contributed by atoms with Crippen LogP contribution in [0.5, 0.6) is 0 Å². The van der Waals surface area contributed by atoms with Crippen LogP contribution in [0, 0.1) is 18.3 Å². The molecule has 2 atom stereocenters. The highest BCUT2D eigenvalue weighted by Crippen LogP contribution is 2.46. The van der Waals surface area contributed by atoms with E-state index >= 15 is 0 Å². The lowest BCUT2D eigenvalue weighted by molar-refractivity contribution is 0.128. The summed E-state index contributed by atoms with van der Waals surface area (Å²) in [5.41, 5.74) is 13.2. The maximum atomic E-state index is 7.11. The third-order valence-corrected chi connectivity index (χ3v) is 7.55. The molecule has 6 rings (SSSR count). The van der Waals surface area contributed by atoms with Crippen LogP contribution in [0.2, 0.25) is 0 Å². The summed E-state index contributed by atoms with van der Waals surface area (Å²) >= 11 is 0. The third-order valence-electron chi connectivity index (χ3n) is 7.55. The first-order valence-electron chi connectivity index (χ1n) is 12.0. The predicted octanol–water partition coefficient (Wildman–Crippen LogP) is 4.39. The molecule has 5 heterocycles. The standard InChI is InChI=1S/C26H31N7/c1-14-10-17-16(6-9-30-24(17)31-14)25-32-20-12-29-11-18(15-4-5-15)21(20)23(33-25)22(27)19-7-8-28-13-26(19,2)3/h6,9-12,15,19,22,28H,4-5,7-8,13,27H2,1-3H3,(H,30,31). The van der Waals surface area contributed by atoms with E-state index in [1.54, 1.807) is 0 Å². The summed E-state index contributed by atoms with van der Waals surface area (Å²) < 4.78 is 0. The van der Waals surface area contributed by atoms with Gasteiger partial charge in [-0.05, 0) is 67.7 Å². The fraction of sp³-hybridized carbons (Fsp3) is 0.462. The van der Waals surface area contributed by atoms with E-state index in [1.807, 2.05) is 31.6 Å². The number of fused-ring (bicyclic) bond motifs is 2. The number of nitrogens with two attached hydrogens (primary N) is 1. The molecule has 0 spiro atoms. The molecule has 170 valence electrons. The van der Waals surface area contributed by atoms with Gasteiger partial charge >= 0.3 is 0 Å². The van der Waals surface area contributed by atoms with Crippen LogP contribution in [0.15, 0.2) is 30.7 Å². The van der Waals surface area contributed by atoms with E-state index in [-0.39, 0.29) is 11.5 Å². The summed E-state index contributed by atoms with van der Waals surface area (Å²) in [6.45, 7) is 8.62. The summed E-state index contributed by atoms with van der Waals surface area (Å²) in [5.74, 6) is 1.57. The molecule has 0 amide bonds. The maximum absolute atomic E-state index is 7.11. The zero-order valence-corrected chi connectivity index (χ0v) is 19.5. The third kappa shape index (κ3) is 3.50. The minimum atomic E-state index is -0.170. The van der Waals surface area contributed by atoms with E-state index in [0.717, 1.165) is 58.4 Å². The van der Waals surface area contributed by atoms with Crippen LogP contribution in [0.3, 0.4) is 0 Å². The van der Waals surface area contributed by atoms with Crippen molar-refractivity contribution in [1.29, 1.82) is 0 Å².